The van der Waals surface area contributed by atoms with Crippen LogP contribution in [0, 0.1) is 10.1 Å². The Kier molecular flexibility index (Phi) is 7.16. The van der Waals surface area contributed by atoms with Crippen LogP contribution in [0.1, 0.15) is 18.1 Å². The number of nitro benzene ring substituents is 1. The van der Waals surface area contributed by atoms with Crippen LogP contribution in [0.5, 0.6) is 11.6 Å². The van der Waals surface area contributed by atoms with E-state index in [1.165, 1.54) is 6.07 Å². The van der Waals surface area contributed by atoms with Gasteiger partial charge >= 0.3 is 12.2 Å². The first kappa shape index (κ1) is 22.9. The Morgan fingerprint density at radius 3 is 2.60 bits per heavy atom. The third kappa shape index (κ3) is 5.56. The molecule has 9 nitrogen and oxygen atoms in total. The summed E-state index contributed by atoms with van der Waals surface area (Å²) >= 11 is 5.80. The van der Waals surface area contributed by atoms with Gasteiger partial charge in [0.25, 0.3) is 5.69 Å². The normalized spacial score (nSPS) is 11.7. The Morgan fingerprint density at radius 1 is 1.37 bits per heavy atom. The number of methoxy groups -OCH3 is 1. The molecule has 2 amide bonds. The number of ether oxygens (including phenoxy) is 2. The summed E-state index contributed by atoms with van der Waals surface area (Å²) in [7, 11) is 1.16. The second-order valence-electron chi connectivity index (χ2n) is 5.50. The number of nitro groups is 1. The minimum Gasteiger partial charge on any atom is -0.480 e. The van der Waals surface area contributed by atoms with Crippen molar-refractivity contribution in [2.45, 2.75) is 13.1 Å². The molecular formula is C17H14ClF3N4O5. The van der Waals surface area contributed by atoms with Gasteiger partial charge in [0, 0.05) is 24.9 Å². The van der Waals surface area contributed by atoms with E-state index in [9.17, 15) is 28.1 Å². The number of urea groups is 1. The number of hydrogen-bond donors (Lipinski definition) is 1. The Labute approximate surface area is 172 Å². The van der Waals surface area contributed by atoms with Crippen LogP contribution in [0.15, 0.2) is 35.5 Å². The van der Waals surface area contributed by atoms with Gasteiger partial charge in [0.05, 0.1) is 17.6 Å². The molecule has 1 aromatic carbocycles. The highest BCUT2D eigenvalue weighted by molar-refractivity contribution is 6.31. The van der Waals surface area contributed by atoms with Crippen LogP contribution in [0.2, 0.25) is 5.02 Å². The van der Waals surface area contributed by atoms with E-state index in [1.807, 2.05) is 0 Å². The maximum atomic E-state index is 12.7. The number of nitrogens with one attached hydrogen (secondary N) is 1. The van der Waals surface area contributed by atoms with Gasteiger partial charge in [-0.3, -0.25) is 10.1 Å². The van der Waals surface area contributed by atoms with Crippen molar-refractivity contribution >= 4 is 29.2 Å². The third-order valence-electron chi connectivity index (χ3n) is 3.47. The molecule has 1 N–H and O–H groups in total. The van der Waals surface area contributed by atoms with Gasteiger partial charge in [-0.15, -0.1) is 0 Å². The average molecular weight is 447 g/mol. The summed E-state index contributed by atoms with van der Waals surface area (Å²) in [5.41, 5.74) is -1.71. The van der Waals surface area contributed by atoms with Gasteiger partial charge in [0.1, 0.15) is 16.3 Å². The lowest BCUT2D eigenvalue weighted by molar-refractivity contribution is -0.385. The smallest absolute Gasteiger partial charge is 0.417 e. The predicted molar refractivity (Wildman–Crippen MR) is 100 cm³/mol. The van der Waals surface area contributed by atoms with Crippen molar-refractivity contribution in [3.8, 4) is 11.6 Å². The molecule has 0 aliphatic carbocycles. The first-order valence-electron chi connectivity index (χ1n) is 8.16. The summed E-state index contributed by atoms with van der Waals surface area (Å²) in [5, 5.41) is 13.3. The number of alkyl halides is 3. The Morgan fingerprint density at radius 2 is 2.07 bits per heavy atom. The molecule has 0 aliphatic heterocycles. The highest BCUT2D eigenvalue weighted by Gasteiger charge is 2.32. The topological polar surface area (TPSA) is 116 Å². The number of benzene rings is 1. The highest BCUT2D eigenvalue weighted by atomic mass is 35.5. The Bertz CT molecular complexity index is 998. The Balaban J connectivity index is 2.45. The molecule has 1 heterocycles. The third-order valence-corrected chi connectivity index (χ3v) is 3.74. The zero-order valence-electron chi connectivity index (χ0n) is 15.5. The maximum absolute atomic E-state index is 12.7. The molecule has 2 rings (SSSR count). The van der Waals surface area contributed by atoms with Crippen molar-refractivity contribution in [1.82, 2.24) is 10.3 Å². The quantitative estimate of drug-likeness (QED) is 0.311. The number of carbonyl (C=O) groups excluding carboxylic acids is 1. The van der Waals surface area contributed by atoms with Crippen LogP contribution in [0.25, 0.3) is 0 Å². The van der Waals surface area contributed by atoms with E-state index in [-0.39, 0.29) is 29.6 Å². The molecule has 1 aromatic heterocycles. The number of amides is 2. The average Bonchev–Trinajstić information content (AvgIpc) is 2.66. The number of rotatable bonds is 5. The highest BCUT2D eigenvalue weighted by Crippen LogP contribution is 2.35. The lowest BCUT2D eigenvalue weighted by Gasteiger charge is -2.11. The van der Waals surface area contributed by atoms with Crippen molar-refractivity contribution in [1.29, 1.82) is 0 Å². The van der Waals surface area contributed by atoms with Gasteiger partial charge in [-0.2, -0.15) is 18.2 Å². The van der Waals surface area contributed by atoms with Crippen molar-refractivity contribution in [2.24, 2.45) is 4.99 Å². The summed E-state index contributed by atoms with van der Waals surface area (Å²) in [6, 6.07) is 3.19. The number of hydrogen-bond acceptors (Lipinski definition) is 6. The van der Waals surface area contributed by atoms with E-state index in [2.05, 4.69) is 15.3 Å². The summed E-state index contributed by atoms with van der Waals surface area (Å²) in [6.45, 7) is 1.92. The van der Waals surface area contributed by atoms with E-state index in [0.29, 0.717) is 12.3 Å². The fraction of sp³-hybridized carbons (Fsp3) is 0.235. The molecule has 160 valence electrons. The van der Waals surface area contributed by atoms with Crippen LogP contribution in [0.3, 0.4) is 0 Å². The second kappa shape index (κ2) is 9.39. The van der Waals surface area contributed by atoms with Crippen molar-refractivity contribution in [3.05, 3.63) is 56.7 Å². The van der Waals surface area contributed by atoms with E-state index < -0.39 is 33.4 Å². The SMILES string of the molecule is CCNC(=O)N=C(OC)c1cc(Oc2ncc(C(F)(F)F)cc2Cl)ccc1[N+](=O)[O-]. The zero-order chi connectivity index (χ0) is 22.5. The predicted octanol–water partition coefficient (Wildman–Crippen LogP) is 4.58. The number of carbonyl (C=O) groups is 1. The second-order valence-corrected chi connectivity index (χ2v) is 5.91. The molecule has 2 aromatic rings. The van der Waals surface area contributed by atoms with Crippen LogP contribution < -0.4 is 10.1 Å². The molecule has 0 spiro atoms. The number of aromatic nitrogens is 1. The molecule has 0 bridgehead atoms. The largest absolute Gasteiger partial charge is 0.480 e. The molecule has 0 saturated heterocycles. The fourth-order valence-electron chi connectivity index (χ4n) is 2.18. The van der Waals surface area contributed by atoms with E-state index in [0.717, 1.165) is 19.2 Å². The van der Waals surface area contributed by atoms with E-state index >= 15 is 0 Å². The van der Waals surface area contributed by atoms with Gasteiger partial charge in [0.15, 0.2) is 0 Å². The van der Waals surface area contributed by atoms with Crippen molar-refractivity contribution in [3.63, 3.8) is 0 Å². The fourth-order valence-corrected chi connectivity index (χ4v) is 2.38. The number of pyridine rings is 1. The molecule has 0 fully saturated rings. The minimum atomic E-state index is -4.64. The van der Waals surface area contributed by atoms with Crippen LogP contribution in [-0.2, 0) is 10.9 Å². The summed E-state index contributed by atoms with van der Waals surface area (Å²) < 4.78 is 48.5. The van der Waals surface area contributed by atoms with Crippen LogP contribution in [0.4, 0.5) is 23.7 Å². The van der Waals surface area contributed by atoms with E-state index in [1.54, 1.807) is 6.92 Å². The summed E-state index contributed by atoms with van der Waals surface area (Å²) in [6.07, 6.45) is -4.11. The molecule has 0 atom stereocenters. The van der Waals surface area contributed by atoms with Gasteiger partial charge in [-0.05, 0) is 19.1 Å². The number of halogens is 4. The standard InChI is InChI=1S/C17H14ClF3N4O5/c1-3-22-16(26)24-14(29-2)11-7-10(4-5-13(11)25(27)28)30-15-12(18)6-9(8-23-15)17(19,20)21/h4-8H,3H2,1-2H3,(H,22,26). The van der Waals surface area contributed by atoms with Gasteiger partial charge < -0.3 is 14.8 Å². The monoisotopic (exact) mass is 446 g/mol. The Hall–Kier alpha value is -3.41. The summed E-state index contributed by atoms with van der Waals surface area (Å²) in [5.74, 6) is -0.793. The summed E-state index contributed by atoms with van der Waals surface area (Å²) in [4.78, 5) is 29.4. The number of aliphatic imine (C=N–C) groups is 1. The lowest BCUT2D eigenvalue weighted by atomic mass is 10.1. The maximum Gasteiger partial charge on any atom is 0.417 e. The van der Waals surface area contributed by atoms with Crippen molar-refractivity contribution < 1.29 is 32.4 Å². The number of nitrogens with zero attached hydrogens (tertiary/aromatic N) is 3. The van der Waals surface area contributed by atoms with Crippen LogP contribution >= 0.6 is 11.6 Å². The van der Waals surface area contributed by atoms with Crippen molar-refractivity contribution in [2.75, 3.05) is 13.7 Å². The molecule has 30 heavy (non-hydrogen) atoms. The molecule has 0 unspecified atom stereocenters. The first-order valence-corrected chi connectivity index (χ1v) is 8.54. The molecular weight excluding hydrogens is 433 g/mol. The van der Waals surface area contributed by atoms with E-state index in [4.69, 9.17) is 21.1 Å². The zero-order valence-corrected chi connectivity index (χ0v) is 16.2. The molecule has 0 radical (unpaired) electrons. The van der Waals surface area contributed by atoms with Gasteiger partial charge in [-0.25, -0.2) is 9.78 Å². The van der Waals surface area contributed by atoms with Gasteiger partial charge in [0.2, 0.25) is 11.8 Å². The minimum absolute atomic E-state index is 0.0644. The molecule has 13 heteroatoms. The van der Waals surface area contributed by atoms with Gasteiger partial charge in [-0.1, -0.05) is 11.6 Å². The van der Waals surface area contributed by atoms with Crippen LogP contribution in [-0.4, -0.2) is 35.5 Å². The molecule has 0 aliphatic rings. The first-order chi connectivity index (χ1) is 14.1. The lowest BCUT2D eigenvalue weighted by Crippen LogP contribution is -2.21. The molecule has 0 saturated carbocycles.